The maximum atomic E-state index is 11.8. The molecule has 0 aromatic carbocycles. The van der Waals surface area contributed by atoms with E-state index in [1.807, 2.05) is 4.90 Å². The molecule has 0 aromatic rings. The molecule has 1 heterocycles. The summed E-state index contributed by atoms with van der Waals surface area (Å²) in [6, 6.07) is -0.702. The van der Waals surface area contributed by atoms with E-state index in [1.54, 1.807) is 6.92 Å². The van der Waals surface area contributed by atoms with Crippen LogP contribution in [0.1, 0.15) is 20.3 Å². The number of hydrogen-bond acceptors (Lipinski definition) is 4. The molecule has 3 amide bonds. The van der Waals surface area contributed by atoms with Crippen molar-refractivity contribution in [2.24, 2.45) is 11.7 Å². The van der Waals surface area contributed by atoms with Crippen molar-refractivity contribution in [3.8, 4) is 0 Å². The molecule has 0 spiro atoms. The normalized spacial score (nSPS) is 27.3. The van der Waals surface area contributed by atoms with E-state index in [2.05, 4.69) is 17.6 Å². The summed E-state index contributed by atoms with van der Waals surface area (Å²) in [5.74, 6) is 0.194. The van der Waals surface area contributed by atoms with Gasteiger partial charge in [-0.15, -0.1) is 0 Å². The van der Waals surface area contributed by atoms with E-state index >= 15 is 0 Å². The Labute approximate surface area is 102 Å². The molecular weight excluding hydrogens is 220 g/mol. The second kappa shape index (κ2) is 5.97. The summed E-state index contributed by atoms with van der Waals surface area (Å²) in [6.45, 7) is 5.46. The van der Waals surface area contributed by atoms with Gasteiger partial charge in [0.25, 0.3) is 0 Å². The Morgan fingerprint density at radius 1 is 1.41 bits per heavy atom. The third kappa shape index (κ3) is 3.98. The lowest BCUT2D eigenvalue weighted by molar-refractivity contribution is -0.125. The monoisotopic (exact) mass is 242 g/mol. The summed E-state index contributed by atoms with van der Waals surface area (Å²) in [5, 5.41) is 4.64. The van der Waals surface area contributed by atoms with Gasteiger partial charge in [0.15, 0.2) is 0 Å². The Morgan fingerprint density at radius 3 is 2.59 bits per heavy atom. The number of rotatable bonds is 2. The zero-order valence-corrected chi connectivity index (χ0v) is 10.7. The lowest BCUT2D eigenvalue weighted by atomic mass is 9.95. The molecule has 0 aromatic heterocycles. The Kier molecular flexibility index (Phi) is 4.89. The molecule has 6 heteroatoms. The smallest absolute Gasteiger partial charge is 0.321 e. The van der Waals surface area contributed by atoms with Crippen LogP contribution in [-0.4, -0.2) is 49.1 Å². The average Bonchev–Trinajstić information content (AvgIpc) is 2.26. The van der Waals surface area contributed by atoms with Crippen LogP contribution in [0, 0.1) is 5.92 Å². The van der Waals surface area contributed by atoms with Crippen LogP contribution in [0.2, 0.25) is 0 Å². The van der Waals surface area contributed by atoms with Crippen LogP contribution >= 0.6 is 0 Å². The van der Waals surface area contributed by atoms with Gasteiger partial charge in [-0.1, -0.05) is 6.92 Å². The van der Waals surface area contributed by atoms with Gasteiger partial charge in [-0.05, 0) is 19.3 Å². The topological polar surface area (TPSA) is 87.5 Å². The maximum absolute atomic E-state index is 11.8. The predicted octanol–water partition coefficient (Wildman–Crippen LogP) is -0.500. The number of carbonyl (C=O) groups is 2. The number of nitrogens with two attached hydrogens (primary N) is 1. The van der Waals surface area contributed by atoms with Gasteiger partial charge in [0, 0.05) is 26.2 Å². The third-order valence-corrected chi connectivity index (χ3v) is 3.11. The van der Waals surface area contributed by atoms with Crippen LogP contribution in [0.4, 0.5) is 4.79 Å². The quantitative estimate of drug-likeness (QED) is 0.609. The van der Waals surface area contributed by atoms with Gasteiger partial charge in [-0.25, -0.2) is 4.79 Å². The molecule has 1 aliphatic heterocycles. The summed E-state index contributed by atoms with van der Waals surface area (Å²) in [6.07, 6.45) is 0.986. The number of imide groups is 1. The lowest BCUT2D eigenvalue weighted by Crippen LogP contribution is -2.55. The fraction of sp³-hybridized carbons (Fsp3) is 0.818. The molecule has 0 saturated carbocycles. The fourth-order valence-electron chi connectivity index (χ4n) is 2.20. The molecule has 1 aliphatic rings. The number of hydrogen-bond donors (Lipinski definition) is 3. The minimum atomic E-state index is -0.476. The van der Waals surface area contributed by atoms with Crippen molar-refractivity contribution in [3.63, 3.8) is 0 Å². The number of piperidine rings is 1. The number of likely N-dealkylation sites (tertiary alicyclic amines) is 1. The Bertz CT molecular complexity index is 285. The summed E-state index contributed by atoms with van der Waals surface area (Å²) in [5.41, 5.74) is 5.93. The van der Waals surface area contributed by atoms with E-state index in [-0.39, 0.29) is 18.0 Å². The molecule has 4 N–H and O–H groups in total. The highest BCUT2D eigenvalue weighted by Gasteiger charge is 2.29. The number of nitrogens with one attached hydrogen (secondary N) is 2. The minimum Gasteiger partial charge on any atom is -0.341 e. The summed E-state index contributed by atoms with van der Waals surface area (Å²) >= 11 is 0. The van der Waals surface area contributed by atoms with Gasteiger partial charge in [-0.2, -0.15) is 0 Å². The molecular formula is C11H22N4O2. The number of urea groups is 1. The standard InChI is InChI=1S/C11H22N4O2/c1-7-4-9(12)6-15(5-7)8(2)10(16)14-11(17)13-3/h7-9H,4-6,12H2,1-3H3,(H2,13,14,16,17). The first-order valence-electron chi connectivity index (χ1n) is 5.96. The van der Waals surface area contributed by atoms with Gasteiger partial charge in [0.05, 0.1) is 6.04 Å². The van der Waals surface area contributed by atoms with Crippen LogP contribution in [0.5, 0.6) is 0 Å². The molecule has 0 radical (unpaired) electrons. The minimum absolute atomic E-state index is 0.106. The van der Waals surface area contributed by atoms with E-state index in [4.69, 9.17) is 5.73 Å². The van der Waals surface area contributed by atoms with Gasteiger partial charge in [0.1, 0.15) is 0 Å². The molecule has 17 heavy (non-hydrogen) atoms. The van der Waals surface area contributed by atoms with Crippen molar-refractivity contribution in [1.29, 1.82) is 0 Å². The molecule has 98 valence electrons. The number of nitrogens with zero attached hydrogens (tertiary/aromatic N) is 1. The predicted molar refractivity (Wildman–Crippen MR) is 65.4 cm³/mol. The zero-order chi connectivity index (χ0) is 13.0. The van der Waals surface area contributed by atoms with E-state index < -0.39 is 6.03 Å². The number of amides is 3. The molecule has 0 bridgehead atoms. The fourth-order valence-corrected chi connectivity index (χ4v) is 2.20. The Morgan fingerprint density at radius 2 is 2.06 bits per heavy atom. The van der Waals surface area contributed by atoms with Crippen molar-refractivity contribution in [1.82, 2.24) is 15.5 Å². The molecule has 1 rings (SSSR count). The first kappa shape index (κ1) is 13.9. The van der Waals surface area contributed by atoms with E-state index in [9.17, 15) is 9.59 Å². The molecule has 6 nitrogen and oxygen atoms in total. The second-order valence-electron chi connectivity index (χ2n) is 4.80. The van der Waals surface area contributed by atoms with E-state index in [0.717, 1.165) is 13.0 Å². The summed E-state index contributed by atoms with van der Waals surface area (Å²) < 4.78 is 0. The molecule has 1 saturated heterocycles. The van der Waals surface area contributed by atoms with Crippen molar-refractivity contribution < 1.29 is 9.59 Å². The Hall–Kier alpha value is -1.14. The first-order valence-corrected chi connectivity index (χ1v) is 5.96. The maximum Gasteiger partial charge on any atom is 0.321 e. The highest BCUT2D eigenvalue weighted by atomic mass is 16.2. The summed E-state index contributed by atoms with van der Waals surface area (Å²) in [7, 11) is 1.48. The van der Waals surface area contributed by atoms with Crippen LogP contribution in [0.3, 0.4) is 0 Å². The Balaban J connectivity index is 2.53. The van der Waals surface area contributed by atoms with Crippen molar-refractivity contribution >= 4 is 11.9 Å². The van der Waals surface area contributed by atoms with Gasteiger partial charge < -0.3 is 11.1 Å². The van der Waals surface area contributed by atoms with Gasteiger partial charge in [0.2, 0.25) is 5.91 Å². The van der Waals surface area contributed by atoms with Crippen LogP contribution < -0.4 is 16.4 Å². The second-order valence-corrected chi connectivity index (χ2v) is 4.80. The summed E-state index contributed by atoms with van der Waals surface area (Å²) in [4.78, 5) is 24.8. The number of carbonyl (C=O) groups excluding carboxylic acids is 2. The molecule has 1 fully saturated rings. The zero-order valence-electron chi connectivity index (χ0n) is 10.7. The van der Waals surface area contributed by atoms with Gasteiger partial charge in [-0.3, -0.25) is 15.0 Å². The largest absolute Gasteiger partial charge is 0.341 e. The molecule has 0 aliphatic carbocycles. The third-order valence-electron chi connectivity index (χ3n) is 3.11. The van der Waals surface area contributed by atoms with Crippen molar-refractivity contribution in [2.75, 3.05) is 20.1 Å². The van der Waals surface area contributed by atoms with Crippen LogP contribution in [0.15, 0.2) is 0 Å². The average molecular weight is 242 g/mol. The highest BCUT2D eigenvalue weighted by molar-refractivity contribution is 5.96. The first-order chi connectivity index (χ1) is 7.93. The van der Waals surface area contributed by atoms with Crippen molar-refractivity contribution in [3.05, 3.63) is 0 Å². The molecule has 3 unspecified atom stereocenters. The van der Waals surface area contributed by atoms with Crippen molar-refractivity contribution in [2.45, 2.75) is 32.4 Å². The van der Waals surface area contributed by atoms with Gasteiger partial charge >= 0.3 is 6.03 Å². The van der Waals surface area contributed by atoms with E-state index in [1.165, 1.54) is 7.05 Å². The lowest BCUT2D eigenvalue weighted by Gasteiger charge is -2.37. The van der Waals surface area contributed by atoms with Crippen LogP contribution in [0.25, 0.3) is 0 Å². The van der Waals surface area contributed by atoms with Crippen LogP contribution in [-0.2, 0) is 4.79 Å². The molecule has 3 atom stereocenters. The highest BCUT2D eigenvalue weighted by Crippen LogP contribution is 2.17. The SMILES string of the molecule is CNC(=O)NC(=O)C(C)N1CC(C)CC(N)C1. The van der Waals surface area contributed by atoms with E-state index in [0.29, 0.717) is 12.5 Å².